The number of rotatable bonds is 3. The summed E-state index contributed by atoms with van der Waals surface area (Å²) in [6.07, 6.45) is 6.22. The highest BCUT2D eigenvalue weighted by molar-refractivity contribution is 7.98. The summed E-state index contributed by atoms with van der Waals surface area (Å²) in [6, 6.07) is 6.27. The Bertz CT molecular complexity index is 623. The molecule has 0 atom stereocenters. The lowest BCUT2D eigenvalue weighted by Crippen LogP contribution is -2.34. The van der Waals surface area contributed by atoms with Crippen LogP contribution in [0.25, 0.3) is 11.5 Å². The summed E-state index contributed by atoms with van der Waals surface area (Å²) >= 11 is 1.70. The zero-order valence-corrected chi connectivity index (χ0v) is 13.9. The molecule has 1 aromatic carbocycles. The Morgan fingerprint density at radius 2 is 2.00 bits per heavy atom. The lowest BCUT2D eigenvalue weighted by Gasteiger charge is -2.17. The topological polar surface area (TPSA) is 64.9 Å². The van der Waals surface area contributed by atoms with Gasteiger partial charge in [-0.2, -0.15) is 4.98 Å². The van der Waals surface area contributed by atoms with Gasteiger partial charge in [0.15, 0.2) is 5.82 Å². The normalized spacial score (nSPS) is 16.7. The van der Waals surface area contributed by atoms with Crippen molar-refractivity contribution in [3.63, 3.8) is 0 Å². The first-order valence-corrected chi connectivity index (χ1v) is 8.13. The van der Waals surface area contributed by atoms with Gasteiger partial charge in [0.05, 0.1) is 5.54 Å². The van der Waals surface area contributed by atoms with Crippen LogP contribution in [0, 0.1) is 6.92 Å². The van der Waals surface area contributed by atoms with E-state index >= 15 is 0 Å². The molecular weight excluding hydrogens is 306 g/mol. The van der Waals surface area contributed by atoms with Gasteiger partial charge in [0, 0.05) is 10.5 Å². The molecule has 0 saturated heterocycles. The number of thioether (sulfide) groups is 1. The number of benzene rings is 1. The molecule has 0 radical (unpaired) electrons. The van der Waals surface area contributed by atoms with Gasteiger partial charge >= 0.3 is 0 Å². The van der Waals surface area contributed by atoms with Crippen molar-refractivity contribution in [2.75, 3.05) is 6.26 Å². The van der Waals surface area contributed by atoms with Crippen molar-refractivity contribution >= 4 is 24.2 Å². The number of aromatic nitrogens is 2. The number of hydrogen-bond acceptors (Lipinski definition) is 5. The maximum Gasteiger partial charge on any atom is 0.258 e. The van der Waals surface area contributed by atoms with Crippen molar-refractivity contribution in [2.45, 2.75) is 43.0 Å². The SMILES string of the molecule is CSc1ccc(C)c(-c2nc(C3(N)CCCC3)no2)c1.Cl. The molecule has 1 aromatic heterocycles. The van der Waals surface area contributed by atoms with Crippen molar-refractivity contribution in [3.8, 4) is 11.5 Å². The number of nitrogens with zero attached hydrogens (tertiary/aromatic N) is 2. The van der Waals surface area contributed by atoms with Gasteiger partial charge in [-0.05, 0) is 43.7 Å². The Labute approximate surface area is 135 Å². The van der Waals surface area contributed by atoms with Gasteiger partial charge < -0.3 is 10.3 Å². The van der Waals surface area contributed by atoms with E-state index in [2.05, 4.69) is 41.5 Å². The van der Waals surface area contributed by atoms with Gasteiger partial charge in [0.2, 0.25) is 0 Å². The van der Waals surface area contributed by atoms with Crippen LogP contribution in [0.5, 0.6) is 0 Å². The van der Waals surface area contributed by atoms with E-state index in [9.17, 15) is 0 Å². The smallest absolute Gasteiger partial charge is 0.258 e. The molecule has 0 bridgehead atoms. The van der Waals surface area contributed by atoms with Gasteiger partial charge in [-0.1, -0.05) is 24.1 Å². The summed E-state index contributed by atoms with van der Waals surface area (Å²) in [5.74, 6) is 1.23. The van der Waals surface area contributed by atoms with E-state index in [1.807, 2.05) is 0 Å². The molecular formula is C15H20ClN3OS. The van der Waals surface area contributed by atoms with Gasteiger partial charge in [0.25, 0.3) is 5.89 Å². The highest BCUT2D eigenvalue weighted by Crippen LogP contribution is 2.36. The number of halogens is 1. The van der Waals surface area contributed by atoms with E-state index < -0.39 is 5.54 Å². The standard InChI is InChI=1S/C15H19N3OS.ClH/c1-10-5-6-11(20-2)9-12(10)13-17-14(18-19-13)15(16)7-3-4-8-15;/h5-6,9H,3-4,7-8,16H2,1-2H3;1H. The average molecular weight is 326 g/mol. The lowest BCUT2D eigenvalue weighted by molar-refractivity contribution is 0.372. The highest BCUT2D eigenvalue weighted by Gasteiger charge is 2.36. The quantitative estimate of drug-likeness (QED) is 0.866. The summed E-state index contributed by atoms with van der Waals surface area (Å²) in [6.45, 7) is 2.05. The van der Waals surface area contributed by atoms with Gasteiger partial charge in [-0.15, -0.1) is 24.2 Å². The van der Waals surface area contributed by atoms with E-state index in [4.69, 9.17) is 10.3 Å². The molecule has 21 heavy (non-hydrogen) atoms. The molecule has 6 heteroatoms. The minimum atomic E-state index is -0.396. The first kappa shape index (κ1) is 16.3. The second-order valence-electron chi connectivity index (χ2n) is 5.47. The van der Waals surface area contributed by atoms with Crippen molar-refractivity contribution in [2.24, 2.45) is 5.73 Å². The van der Waals surface area contributed by atoms with E-state index in [1.165, 1.54) is 4.90 Å². The van der Waals surface area contributed by atoms with Crippen LogP contribution in [0.15, 0.2) is 27.6 Å². The first-order valence-electron chi connectivity index (χ1n) is 6.90. The molecule has 3 rings (SSSR count). The van der Waals surface area contributed by atoms with Crippen molar-refractivity contribution in [3.05, 3.63) is 29.6 Å². The Morgan fingerprint density at radius 3 is 2.67 bits per heavy atom. The van der Waals surface area contributed by atoms with E-state index in [1.54, 1.807) is 11.8 Å². The summed E-state index contributed by atoms with van der Waals surface area (Å²) in [5.41, 5.74) is 8.11. The maximum atomic E-state index is 6.38. The van der Waals surface area contributed by atoms with E-state index in [0.717, 1.165) is 36.8 Å². The second-order valence-corrected chi connectivity index (χ2v) is 6.35. The van der Waals surface area contributed by atoms with Crippen LogP contribution in [0.1, 0.15) is 37.1 Å². The van der Waals surface area contributed by atoms with Crippen LogP contribution < -0.4 is 5.73 Å². The van der Waals surface area contributed by atoms with Crippen molar-refractivity contribution in [1.82, 2.24) is 10.1 Å². The van der Waals surface area contributed by atoms with Crippen LogP contribution >= 0.6 is 24.2 Å². The van der Waals surface area contributed by atoms with Crippen LogP contribution in [0.4, 0.5) is 0 Å². The molecule has 4 nitrogen and oxygen atoms in total. The summed E-state index contributed by atoms with van der Waals surface area (Å²) in [4.78, 5) is 5.75. The monoisotopic (exact) mass is 325 g/mol. The van der Waals surface area contributed by atoms with Crippen LogP contribution in [0.3, 0.4) is 0 Å². The molecule has 1 heterocycles. The van der Waals surface area contributed by atoms with Crippen molar-refractivity contribution < 1.29 is 4.52 Å². The number of nitrogens with two attached hydrogens (primary N) is 1. The predicted octanol–water partition coefficient (Wildman–Crippen LogP) is 3.92. The maximum absolute atomic E-state index is 6.38. The molecule has 2 N–H and O–H groups in total. The largest absolute Gasteiger partial charge is 0.334 e. The zero-order chi connectivity index (χ0) is 14.2. The summed E-state index contributed by atoms with van der Waals surface area (Å²) < 4.78 is 5.46. The van der Waals surface area contributed by atoms with Crippen molar-refractivity contribution in [1.29, 1.82) is 0 Å². The minimum absolute atomic E-state index is 0. The lowest BCUT2D eigenvalue weighted by atomic mass is 9.98. The number of hydrogen-bond donors (Lipinski definition) is 1. The molecule has 1 aliphatic rings. The molecule has 0 unspecified atom stereocenters. The molecule has 114 valence electrons. The highest BCUT2D eigenvalue weighted by atomic mass is 35.5. The molecule has 0 aliphatic heterocycles. The fraction of sp³-hybridized carbons (Fsp3) is 0.467. The third-order valence-corrected chi connectivity index (χ3v) is 4.77. The summed E-state index contributed by atoms with van der Waals surface area (Å²) in [7, 11) is 0. The second kappa shape index (κ2) is 6.38. The Hall–Kier alpha value is -1.04. The Balaban J connectivity index is 0.00000161. The zero-order valence-electron chi connectivity index (χ0n) is 12.3. The molecule has 1 fully saturated rings. The van der Waals surface area contributed by atoms with Gasteiger partial charge in [0.1, 0.15) is 0 Å². The van der Waals surface area contributed by atoms with Crippen LogP contribution in [-0.4, -0.2) is 16.4 Å². The van der Waals surface area contributed by atoms with Gasteiger partial charge in [-0.25, -0.2) is 0 Å². The van der Waals surface area contributed by atoms with Gasteiger partial charge in [-0.3, -0.25) is 0 Å². The minimum Gasteiger partial charge on any atom is -0.334 e. The van der Waals surface area contributed by atoms with Crippen LogP contribution in [-0.2, 0) is 5.54 Å². The molecule has 1 aliphatic carbocycles. The van der Waals surface area contributed by atoms with E-state index in [-0.39, 0.29) is 12.4 Å². The fourth-order valence-corrected chi connectivity index (χ4v) is 3.16. The third-order valence-electron chi connectivity index (χ3n) is 4.04. The molecule has 0 spiro atoms. The average Bonchev–Trinajstić information content (AvgIpc) is 3.09. The fourth-order valence-electron chi connectivity index (χ4n) is 2.72. The van der Waals surface area contributed by atoms with E-state index in [0.29, 0.717) is 11.7 Å². The predicted molar refractivity (Wildman–Crippen MR) is 87.8 cm³/mol. The molecule has 1 saturated carbocycles. The Kier molecular flexibility index (Phi) is 4.96. The molecule has 0 amide bonds. The summed E-state index contributed by atoms with van der Waals surface area (Å²) in [5, 5.41) is 4.13. The number of aryl methyl sites for hydroxylation is 1. The van der Waals surface area contributed by atoms with Crippen LogP contribution in [0.2, 0.25) is 0 Å². The molecule has 2 aromatic rings. The first-order chi connectivity index (χ1) is 9.62. The third kappa shape index (κ3) is 3.10. The Morgan fingerprint density at radius 1 is 1.29 bits per heavy atom.